The van der Waals surface area contributed by atoms with Gasteiger partial charge in [0.25, 0.3) is 0 Å². The van der Waals surface area contributed by atoms with Crippen LogP contribution in [0.4, 0.5) is 0 Å². The fraction of sp³-hybridized carbons (Fsp3) is 0.824. The molecular formula is C17H24O8. The molecule has 1 saturated carbocycles. The van der Waals surface area contributed by atoms with E-state index in [1.165, 1.54) is 13.2 Å². The summed E-state index contributed by atoms with van der Waals surface area (Å²) in [5.41, 5.74) is 0. The molecule has 0 amide bonds. The van der Waals surface area contributed by atoms with E-state index in [1.807, 2.05) is 0 Å². The minimum Gasteiger partial charge on any atom is -0.451 e. The topological polar surface area (TPSA) is 81.7 Å². The van der Waals surface area contributed by atoms with Crippen LogP contribution in [0.3, 0.4) is 0 Å². The lowest BCUT2D eigenvalue weighted by Gasteiger charge is -2.60. The molecule has 140 valence electrons. The molecule has 4 rings (SSSR count). The van der Waals surface area contributed by atoms with Gasteiger partial charge in [0.15, 0.2) is 12.4 Å². The number of esters is 1. The van der Waals surface area contributed by atoms with Crippen molar-refractivity contribution in [2.75, 3.05) is 21.3 Å². The van der Waals surface area contributed by atoms with Gasteiger partial charge in [-0.15, -0.1) is 0 Å². The lowest BCUT2D eigenvalue weighted by Crippen LogP contribution is -2.75. The molecule has 0 unspecified atom stereocenters. The molecule has 0 N–H and O–H groups in total. The Bertz CT molecular complexity index is 565. The highest BCUT2D eigenvalue weighted by Crippen LogP contribution is 2.51. The van der Waals surface area contributed by atoms with E-state index in [2.05, 4.69) is 0 Å². The normalized spacial score (nSPS) is 50.2. The molecule has 3 aliphatic heterocycles. The van der Waals surface area contributed by atoms with Crippen LogP contribution in [0.1, 0.15) is 25.7 Å². The summed E-state index contributed by atoms with van der Waals surface area (Å²) in [6.07, 6.45) is 3.03. The molecule has 2 bridgehead atoms. The average molecular weight is 356 g/mol. The predicted octanol–water partition coefficient (Wildman–Crippen LogP) is 0.883. The third kappa shape index (κ3) is 2.47. The van der Waals surface area contributed by atoms with Crippen LogP contribution in [-0.2, 0) is 38.0 Å². The third-order valence-corrected chi connectivity index (χ3v) is 5.59. The van der Waals surface area contributed by atoms with Crippen molar-refractivity contribution >= 4 is 5.97 Å². The smallest absolute Gasteiger partial charge is 0.331 e. The maximum atomic E-state index is 11.9. The first kappa shape index (κ1) is 17.4. The molecule has 3 fully saturated rings. The van der Waals surface area contributed by atoms with Gasteiger partial charge < -0.3 is 33.2 Å². The summed E-state index contributed by atoms with van der Waals surface area (Å²) in [6, 6.07) is 0. The van der Waals surface area contributed by atoms with Crippen molar-refractivity contribution in [3.8, 4) is 0 Å². The van der Waals surface area contributed by atoms with Crippen molar-refractivity contribution in [3.63, 3.8) is 0 Å². The number of fused-ring (bicyclic) bond motifs is 7. The molecule has 0 aromatic rings. The number of carbonyl (C=O) groups excluding carboxylic acids is 1. The largest absolute Gasteiger partial charge is 0.451 e. The van der Waals surface area contributed by atoms with Crippen LogP contribution in [0, 0.1) is 0 Å². The van der Waals surface area contributed by atoms with Crippen molar-refractivity contribution in [2.24, 2.45) is 0 Å². The first-order valence-corrected chi connectivity index (χ1v) is 8.61. The van der Waals surface area contributed by atoms with Gasteiger partial charge >= 0.3 is 5.97 Å². The Hall–Kier alpha value is -1.03. The van der Waals surface area contributed by atoms with Gasteiger partial charge in [-0.25, -0.2) is 4.79 Å². The highest BCUT2D eigenvalue weighted by atomic mass is 16.8. The fourth-order valence-electron chi connectivity index (χ4n) is 4.37. The molecule has 0 radical (unpaired) electrons. The Morgan fingerprint density at radius 1 is 1.00 bits per heavy atom. The van der Waals surface area contributed by atoms with E-state index < -0.39 is 48.2 Å². The van der Waals surface area contributed by atoms with Crippen LogP contribution in [0.2, 0.25) is 0 Å². The van der Waals surface area contributed by atoms with E-state index in [0.717, 1.165) is 12.8 Å². The molecule has 25 heavy (non-hydrogen) atoms. The zero-order valence-electron chi connectivity index (χ0n) is 14.6. The van der Waals surface area contributed by atoms with Crippen LogP contribution >= 0.6 is 0 Å². The standard InChI is InChI=1S/C17H24O8/c1-19-15-14-13-12(10(22-15)6-7-11(18)23-14)24-16(20-2)8-4-5-9-17(16,21-3)25-13/h6-7,10,12-15H,4-5,8-9H2,1-3H3/b7-6-/t10-,12-,13+,14+,15+,16+,17+/m1/s1. The molecule has 2 saturated heterocycles. The zero-order valence-corrected chi connectivity index (χ0v) is 14.6. The van der Waals surface area contributed by atoms with Crippen molar-refractivity contribution in [3.05, 3.63) is 12.2 Å². The molecule has 7 atom stereocenters. The molecular weight excluding hydrogens is 332 g/mol. The monoisotopic (exact) mass is 356 g/mol. The first-order valence-electron chi connectivity index (χ1n) is 8.61. The molecule has 0 aromatic carbocycles. The number of methoxy groups -OCH3 is 3. The van der Waals surface area contributed by atoms with Gasteiger partial charge in [-0.05, 0) is 18.9 Å². The van der Waals surface area contributed by atoms with E-state index in [0.29, 0.717) is 12.8 Å². The molecule has 3 heterocycles. The van der Waals surface area contributed by atoms with Gasteiger partial charge in [0.05, 0.1) is 0 Å². The summed E-state index contributed by atoms with van der Waals surface area (Å²) in [5.74, 6) is -2.54. The second kappa shape index (κ2) is 6.29. The van der Waals surface area contributed by atoms with Crippen LogP contribution in [0.15, 0.2) is 12.2 Å². The Morgan fingerprint density at radius 2 is 1.64 bits per heavy atom. The Balaban J connectivity index is 1.75. The number of carbonyl (C=O) groups is 1. The van der Waals surface area contributed by atoms with Crippen LogP contribution < -0.4 is 0 Å². The van der Waals surface area contributed by atoms with E-state index in [9.17, 15) is 4.79 Å². The highest BCUT2D eigenvalue weighted by molar-refractivity contribution is 5.82. The molecule has 8 nitrogen and oxygen atoms in total. The minimum atomic E-state index is -1.06. The molecule has 0 aromatic heterocycles. The maximum Gasteiger partial charge on any atom is 0.331 e. The summed E-state index contributed by atoms with van der Waals surface area (Å²) in [7, 11) is 4.68. The van der Waals surface area contributed by atoms with Crippen LogP contribution in [-0.4, -0.2) is 69.6 Å². The van der Waals surface area contributed by atoms with E-state index >= 15 is 0 Å². The molecule has 1 aliphatic carbocycles. The van der Waals surface area contributed by atoms with Crippen molar-refractivity contribution in [2.45, 2.75) is 68.0 Å². The van der Waals surface area contributed by atoms with Gasteiger partial charge in [0.1, 0.15) is 18.3 Å². The zero-order chi connectivity index (χ0) is 17.7. The molecule has 8 heteroatoms. The Labute approximate surface area is 146 Å². The van der Waals surface area contributed by atoms with Gasteiger partial charge in [-0.1, -0.05) is 0 Å². The lowest BCUT2D eigenvalue weighted by atomic mass is 9.83. The quantitative estimate of drug-likeness (QED) is 0.690. The lowest BCUT2D eigenvalue weighted by molar-refractivity contribution is -0.493. The number of ether oxygens (including phenoxy) is 7. The second-order valence-electron chi connectivity index (χ2n) is 6.75. The number of hydrogen-bond acceptors (Lipinski definition) is 8. The average Bonchev–Trinajstić information content (AvgIpc) is 2.63. The van der Waals surface area contributed by atoms with Gasteiger partial charge in [-0.2, -0.15) is 0 Å². The summed E-state index contributed by atoms with van der Waals surface area (Å²) >= 11 is 0. The van der Waals surface area contributed by atoms with Gasteiger partial charge in [0, 0.05) is 40.2 Å². The Morgan fingerprint density at radius 3 is 2.24 bits per heavy atom. The van der Waals surface area contributed by atoms with Crippen LogP contribution in [0.5, 0.6) is 0 Å². The van der Waals surface area contributed by atoms with Gasteiger partial charge in [-0.3, -0.25) is 0 Å². The summed E-state index contributed by atoms with van der Waals surface area (Å²) in [4.78, 5) is 11.9. The molecule has 4 aliphatic rings. The van der Waals surface area contributed by atoms with Crippen molar-refractivity contribution < 1.29 is 38.0 Å². The molecule has 0 spiro atoms. The predicted molar refractivity (Wildman–Crippen MR) is 82.4 cm³/mol. The van der Waals surface area contributed by atoms with Gasteiger partial charge in [0.2, 0.25) is 11.6 Å². The Kier molecular flexibility index (Phi) is 4.38. The SMILES string of the molecule is CO[C@H]1O[C@@H]2/C=C\C(=O)O[C@H]1[C@H]1O[C@@]3(OC)CCCC[C@]3(OC)O[C@@H]12. The minimum absolute atomic E-state index is 0.457. The third-order valence-electron chi connectivity index (χ3n) is 5.59. The second-order valence-corrected chi connectivity index (χ2v) is 6.75. The first-order chi connectivity index (χ1) is 12.1. The van der Waals surface area contributed by atoms with E-state index in [-0.39, 0.29) is 0 Å². The maximum absolute atomic E-state index is 11.9. The summed E-state index contributed by atoms with van der Waals surface area (Å²) < 4.78 is 41.2. The van der Waals surface area contributed by atoms with Crippen LogP contribution in [0.25, 0.3) is 0 Å². The number of hydrogen-bond donors (Lipinski definition) is 0. The summed E-state index contributed by atoms with van der Waals surface area (Å²) in [6.45, 7) is 0. The van der Waals surface area contributed by atoms with E-state index in [1.54, 1.807) is 20.3 Å². The summed E-state index contributed by atoms with van der Waals surface area (Å²) in [5, 5.41) is 0. The fourth-order valence-corrected chi connectivity index (χ4v) is 4.37. The van der Waals surface area contributed by atoms with Crippen molar-refractivity contribution in [1.29, 1.82) is 0 Å². The van der Waals surface area contributed by atoms with E-state index in [4.69, 9.17) is 33.2 Å². The van der Waals surface area contributed by atoms with Crippen molar-refractivity contribution in [1.82, 2.24) is 0 Å². The number of rotatable bonds is 3. The highest BCUT2D eigenvalue weighted by Gasteiger charge is 2.67.